The number of carbonyl (C=O) groups excluding carboxylic acids is 1. The molecule has 0 aromatic heterocycles. The van der Waals surface area contributed by atoms with Gasteiger partial charge in [0.1, 0.15) is 6.61 Å². The molecule has 1 amide bonds. The predicted molar refractivity (Wildman–Crippen MR) is 68.5 cm³/mol. The highest BCUT2D eigenvalue weighted by Crippen LogP contribution is 2.33. The lowest BCUT2D eigenvalue weighted by Gasteiger charge is -2.32. The molecule has 2 N–H and O–H groups in total. The van der Waals surface area contributed by atoms with Crippen molar-refractivity contribution in [2.75, 3.05) is 6.54 Å². The Kier molecular flexibility index (Phi) is 4.39. The summed E-state index contributed by atoms with van der Waals surface area (Å²) in [6.45, 7) is 0.729. The van der Waals surface area contributed by atoms with Crippen LogP contribution in [0.4, 0.5) is 4.79 Å². The van der Waals surface area contributed by atoms with Crippen LogP contribution in [0.2, 0.25) is 0 Å². The SMILES string of the molecule is O=C(NCC1CC(C(=O)O)C1)OCc1ccccc1. The van der Waals surface area contributed by atoms with Gasteiger partial charge in [-0.25, -0.2) is 4.79 Å². The van der Waals surface area contributed by atoms with Crippen molar-refractivity contribution in [1.82, 2.24) is 5.32 Å². The maximum absolute atomic E-state index is 11.4. The second kappa shape index (κ2) is 6.22. The highest BCUT2D eigenvalue weighted by Gasteiger charge is 2.34. The van der Waals surface area contributed by atoms with Crippen LogP contribution in [0.3, 0.4) is 0 Å². The van der Waals surface area contributed by atoms with Crippen LogP contribution in [0.1, 0.15) is 18.4 Å². The molecule has 1 aromatic rings. The summed E-state index contributed by atoms with van der Waals surface area (Å²) >= 11 is 0. The highest BCUT2D eigenvalue weighted by atomic mass is 16.5. The number of hydrogen-bond acceptors (Lipinski definition) is 3. The third-order valence-electron chi connectivity index (χ3n) is 3.33. The molecule has 102 valence electrons. The van der Waals surface area contributed by atoms with Gasteiger partial charge in [-0.1, -0.05) is 30.3 Å². The Bertz CT molecular complexity index is 440. The first kappa shape index (κ1) is 13.4. The zero-order valence-corrected chi connectivity index (χ0v) is 10.5. The first-order valence-corrected chi connectivity index (χ1v) is 6.32. The molecule has 0 saturated heterocycles. The molecular weight excluding hydrogens is 246 g/mol. The van der Waals surface area contributed by atoms with Crippen LogP contribution in [0, 0.1) is 11.8 Å². The topological polar surface area (TPSA) is 75.6 Å². The van der Waals surface area contributed by atoms with Gasteiger partial charge in [0.05, 0.1) is 5.92 Å². The number of hydrogen-bond donors (Lipinski definition) is 2. The van der Waals surface area contributed by atoms with Crippen molar-refractivity contribution < 1.29 is 19.4 Å². The largest absolute Gasteiger partial charge is 0.481 e. The number of alkyl carbamates (subject to hydrolysis) is 1. The molecule has 2 rings (SSSR count). The molecule has 0 spiro atoms. The van der Waals surface area contributed by atoms with Crippen LogP contribution in [0.25, 0.3) is 0 Å². The van der Waals surface area contributed by atoms with Gasteiger partial charge in [-0.3, -0.25) is 4.79 Å². The Morgan fingerprint density at radius 2 is 1.95 bits per heavy atom. The van der Waals surface area contributed by atoms with Crippen molar-refractivity contribution >= 4 is 12.1 Å². The average Bonchev–Trinajstić information content (AvgIpc) is 2.35. The fourth-order valence-electron chi connectivity index (χ4n) is 2.11. The minimum absolute atomic E-state index is 0.243. The molecule has 0 atom stereocenters. The lowest BCUT2D eigenvalue weighted by molar-refractivity contribution is -0.146. The molecule has 0 aliphatic heterocycles. The number of benzene rings is 1. The second-order valence-corrected chi connectivity index (χ2v) is 4.82. The van der Waals surface area contributed by atoms with Gasteiger partial charge in [0.25, 0.3) is 0 Å². The van der Waals surface area contributed by atoms with Crippen LogP contribution in [0.5, 0.6) is 0 Å². The number of ether oxygens (including phenoxy) is 1. The van der Waals surface area contributed by atoms with Crippen LogP contribution in [-0.2, 0) is 16.1 Å². The number of carboxylic acids is 1. The van der Waals surface area contributed by atoms with Gasteiger partial charge < -0.3 is 15.2 Å². The van der Waals surface area contributed by atoms with E-state index in [9.17, 15) is 9.59 Å². The molecule has 0 bridgehead atoms. The van der Waals surface area contributed by atoms with Gasteiger partial charge in [-0.05, 0) is 24.3 Å². The van der Waals surface area contributed by atoms with E-state index in [2.05, 4.69) is 5.32 Å². The lowest BCUT2D eigenvalue weighted by atomic mass is 9.75. The monoisotopic (exact) mass is 263 g/mol. The fraction of sp³-hybridized carbons (Fsp3) is 0.429. The Labute approximate surface area is 111 Å². The molecule has 0 heterocycles. The van der Waals surface area contributed by atoms with Crippen LogP contribution < -0.4 is 5.32 Å². The molecule has 5 nitrogen and oxygen atoms in total. The molecular formula is C14H17NO4. The smallest absolute Gasteiger partial charge is 0.407 e. The number of aliphatic carboxylic acids is 1. The van der Waals surface area contributed by atoms with Gasteiger partial charge in [-0.15, -0.1) is 0 Å². The minimum atomic E-state index is -0.747. The predicted octanol–water partition coefficient (Wildman–Crippen LogP) is 2.02. The third-order valence-corrected chi connectivity index (χ3v) is 3.33. The first-order valence-electron chi connectivity index (χ1n) is 6.32. The highest BCUT2D eigenvalue weighted by molar-refractivity contribution is 5.71. The molecule has 1 saturated carbocycles. The summed E-state index contributed by atoms with van der Waals surface area (Å²) in [5.41, 5.74) is 0.937. The van der Waals surface area contributed by atoms with Crippen molar-refractivity contribution in [1.29, 1.82) is 0 Å². The van der Waals surface area contributed by atoms with Gasteiger partial charge in [0.15, 0.2) is 0 Å². The summed E-state index contributed by atoms with van der Waals surface area (Å²) < 4.78 is 5.05. The van der Waals surface area contributed by atoms with Crippen molar-refractivity contribution in [2.45, 2.75) is 19.4 Å². The first-order chi connectivity index (χ1) is 9.15. The van der Waals surface area contributed by atoms with E-state index in [1.165, 1.54) is 0 Å². The molecule has 1 fully saturated rings. The molecule has 1 aliphatic carbocycles. The minimum Gasteiger partial charge on any atom is -0.481 e. The fourth-order valence-corrected chi connectivity index (χ4v) is 2.11. The van der Waals surface area contributed by atoms with Crippen LogP contribution >= 0.6 is 0 Å². The number of carboxylic acid groups (broad SMARTS) is 1. The molecule has 1 aromatic carbocycles. The summed E-state index contributed by atoms with van der Waals surface area (Å²) in [6.07, 6.45) is 0.811. The van der Waals surface area contributed by atoms with E-state index < -0.39 is 12.1 Å². The molecule has 1 aliphatic rings. The van der Waals surface area contributed by atoms with Crippen molar-refractivity contribution in [3.05, 3.63) is 35.9 Å². The maximum Gasteiger partial charge on any atom is 0.407 e. The summed E-state index contributed by atoms with van der Waals surface area (Å²) in [5, 5.41) is 11.4. The van der Waals surface area contributed by atoms with Crippen molar-refractivity contribution in [2.24, 2.45) is 11.8 Å². The standard InChI is InChI=1S/C14H17NO4/c16-13(17)12-6-11(7-12)8-15-14(18)19-9-10-4-2-1-3-5-10/h1-5,11-12H,6-9H2,(H,15,18)(H,16,17). The summed E-state index contributed by atoms with van der Waals surface area (Å²) in [7, 11) is 0. The van der Waals surface area contributed by atoms with Gasteiger partial charge in [-0.2, -0.15) is 0 Å². The van der Waals surface area contributed by atoms with E-state index in [1.54, 1.807) is 0 Å². The summed E-state index contributed by atoms with van der Waals surface area (Å²) in [4.78, 5) is 22.0. The summed E-state index contributed by atoms with van der Waals surface area (Å²) in [6, 6.07) is 9.44. The van der Waals surface area contributed by atoms with Crippen molar-refractivity contribution in [3.63, 3.8) is 0 Å². The lowest BCUT2D eigenvalue weighted by Crippen LogP contribution is -2.38. The van der Waals surface area contributed by atoms with E-state index in [0.717, 1.165) is 5.56 Å². The van der Waals surface area contributed by atoms with Crippen LogP contribution in [-0.4, -0.2) is 23.7 Å². The zero-order chi connectivity index (χ0) is 13.7. The Morgan fingerprint density at radius 3 is 2.58 bits per heavy atom. The Balaban J connectivity index is 1.60. The quantitative estimate of drug-likeness (QED) is 0.852. The van der Waals surface area contributed by atoms with Crippen molar-refractivity contribution in [3.8, 4) is 0 Å². The van der Waals surface area contributed by atoms with Gasteiger partial charge in [0.2, 0.25) is 0 Å². The number of carbonyl (C=O) groups is 2. The van der Waals surface area contributed by atoms with Gasteiger partial charge in [0, 0.05) is 6.54 Å². The summed E-state index contributed by atoms with van der Waals surface area (Å²) in [5.74, 6) is -0.736. The maximum atomic E-state index is 11.4. The number of amides is 1. The third kappa shape index (κ3) is 3.98. The van der Waals surface area contributed by atoms with E-state index in [4.69, 9.17) is 9.84 Å². The molecule has 19 heavy (non-hydrogen) atoms. The van der Waals surface area contributed by atoms with E-state index >= 15 is 0 Å². The van der Waals surface area contributed by atoms with Crippen LogP contribution in [0.15, 0.2) is 30.3 Å². The average molecular weight is 263 g/mol. The Morgan fingerprint density at radius 1 is 1.26 bits per heavy atom. The Hall–Kier alpha value is -2.04. The normalized spacial score (nSPS) is 21.3. The number of nitrogens with one attached hydrogen (secondary N) is 1. The van der Waals surface area contributed by atoms with E-state index in [1.807, 2.05) is 30.3 Å². The molecule has 5 heteroatoms. The van der Waals surface area contributed by atoms with E-state index in [0.29, 0.717) is 19.4 Å². The number of rotatable bonds is 5. The van der Waals surface area contributed by atoms with E-state index in [-0.39, 0.29) is 18.4 Å². The molecule has 0 radical (unpaired) electrons. The molecule has 0 unspecified atom stereocenters. The second-order valence-electron chi connectivity index (χ2n) is 4.82. The zero-order valence-electron chi connectivity index (χ0n) is 10.5. The van der Waals surface area contributed by atoms with Gasteiger partial charge >= 0.3 is 12.1 Å².